The van der Waals surface area contributed by atoms with Gasteiger partial charge in [0.15, 0.2) is 0 Å². The number of aliphatic hydroxyl groups is 1. The number of hydrogen-bond donors (Lipinski definition) is 2. The molecule has 2 aliphatic rings. The zero-order valence-corrected chi connectivity index (χ0v) is 14.0. The van der Waals surface area contributed by atoms with Gasteiger partial charge in [-0.05, 0) is 43.9 Å². The fourth-order valence-corrected chi connectivity index (χ4v) is 4.15. The third-order valence-corrected chi connectivity index (χ3v) is 5.44. The second-order valence-electron chi connectivity index (χ2n) is 7.04. The van der Waals surface area contributed by atoms with Gasteiger partial charge in [0.2, 0.25) is 0 Å². The molecule has 6 heteroatoms. The molecular weight excluding hydrogens is 304 g/mol. The number of rotatable bonds is 2. The van der Waals surface area contributed by atoms with Gasteiger partial charge in [0.1, 0.15) is 0 Å². The maximum Gasteiger partial charge on any atom is 0.256 e. The Morgan fingerprint density at radius 2 is 2.04 bits per heavy atom. The minimum absolute atomic E-state index is 0.0690. The molecule has 4 rings (SSSR count). The van der Waals surface area contributed by atoms with Crippen LogP contribution in [0.1, 0.15) is 35.2 Å². The van der Waals surface area contributed by atoms with E-state index in [4.69, 9.17) is 0 Å². The van der Waals surface area contributed by atoms with Crippen LogP contribution in [-0.2, 0) is 0 Å². The Bertz CT molecular complexity index is 749. The van der Waals surface area contributed by atoms with E-state index in [1.807, 2.05) is 24.0 Å². The number of H-pyrrole nitrogens is 1. The molecule has 128 valence electrons. The molecule has 2 fully saturated rings. The molecule has 6 nitrogen and oxygen atoms in total. The molecule has 2 atom stereocenters. The largest absolute Gasteiger partial charge is 0.391 e. The highest BCUT2D eigenvalue weighted by atomic mass is 16.3. The molecule has 1 amide bonds. The molecule has 2 N–H and O–H groups in total. The summed E-state index contributed by atoms with van der Waals surface area (Å²) < 4.78 is 0. The average molecular weight is 328 g/mol. The van der Waals surface area contributed by atoms with Crippen molar-refractivity contribution in [3.05, 3.63) is 29.5 Å². The number of fused-ring (bicyclic) bond motifs is 1. The van der Waals surface area contributed by atoms with Gasteiger partial charge in [-0.25, -0.2) is 0 Å². The van der Waals surface area contributed by atoms with Crippen LogP contribution in [0.2, 0.25) is 0 Å². The number of amides is 1. The minimum Gasteiger partial charge on any atom is -0.391 e. The number of nitrogens with one attached hydrogen (secondary N) is 1. The fourth-order valence-electron chi connectivity index (χ4n) is 4.15. The van der Waals surface area contributed by atoms with E-state index in [9.17, 15) is 9.90 Å². The first kappa shape index (κ1) is 15.6. The first-order chi connectivity index (χ1) is 11.6. The van der Waals surface area contributed by atoms with E-state index in [0.717, 1.165) is 48.8 Å². The molecule has 0 unspecified atom stereocenters. The number of carbonyl (C=O) groups excluding carboxylic acids is 1. The molecule has 1 aromatic heterocycles. The first-order valence-corrected chi connectivity index (χ1v) is 8.78. The number of piperazine rings is 1. The Morgan fingerprint density at radius 3 is 2.75 bits per heavy atom. The molecule has 2 aromatic rings. The van der Waals surface area contributed by atoms with E-state index in [1.54, 1.807) is 6.20 Å². The third-order valence-electron chi connectivity index (χ3n) is 5.44. The van der Waals surface area contributed by atoms with Crippen LogP contribution in [0, 0.1) is 6.92 Å². The molecule has 24 heavy (non-hydrogen) atoms. The van der Waals surface area contributed by atoms with Crippen molar-refractivity contribution in [2.75, 3.05) is 26.2 Å². The Hall–Kier alpha value is -1.92. The van der Waals surface area contributed by atoms with Crippen LogP contribution in [0.5, 0.6) is 0 Å². The van der Waals surface area contributed by atoms with Crippen molar-refractivity contribution in [1.29, 1.82) is 0 Å². The lowest BCUT2D eigenvalue weighted by Crippen LogP contribution is -2.53. The Morgan fingerprint density at radius 1 is 1.25 bits per heavy atom. The van der Waals surface area contributed by atoms with Gasteiger partial charge in [-0.2, -0.15) is 5.10 Å². The zero-order chi connectivity index (χ0) is 16.7. The number of aromatic nitrogens is 2. The lowest BCUT2D eigenvalue weighted by molar-refractivity contribution is 0.0316. The number of nitrogens with zero attached hydrogens (tertiary/aromatic N) is 3. The number of aryl methyl sites for hydroxylation is 1. The van der Waals surface area contributed by atoms with Gasteiger partial charge in [-0.3, -0.25) is 14.8 Å². The topological polar surface area (TPSA) is 72.5 Å². The molecule has 1 aliphatic carbocycles. The van der Waals surface area contributed by atoms with Crippen LogP contribution < -0.4 is 0 Å². The normalized spacial score (nSPS) is 25.5. The highest BCUT2D eigenvalue weighted by Crippen LogP contribution is 2.26. The molecule has 1 aromatic carbocycles. The highest BCUT2D eigenvalue weighted by Gasteiger charge is 2.33. The number of hydrogen-bond acceptors (Lipinski definition) is 4. The van der Waals surface area contributed by atoms with Crippen LogP contribution in [0.25, 0.3) is 10.9 Å². The van der Waals surface area contributed by atoms with E-state index < -0.39 is 0 Å². The SMILES string of the molecule is Cc1cc(C(=O)N2CCN([C@@H]3CCC[C@H]3O)CC2)c2[nH]ncc2c1. The molecule has 1 saturated carbocycles. The summed E-state index contributed by atoms with van der Waals surface area (Å²) in [5, 5.41) is 18.1. The molecule has 0 radical (unpaired) electrons. The predicted molar refractivity (Wildman–Crippen MR) is 92.0 cm³/mol. The van der Waals surface area contributed by atoms with Crippen LogP contribution in [0.15, 0.2) is 18.3 Å². The molecule has 0 spiro atoms. The first-order valence-electron chi connectivity index (χ1n) is 8.78. The van der Waals surface area contributed by atoms with Crippen LogP contribution in [0.4, 0.5) is 0 Å². The zero-order valence-electron chi connectivity index (χ0n) is 14.0. The number of benzene rings is 1. The van der Waals surface area contributed by atoms with Crippen molar-refractivity contribution in [1.82, 2.24) is 20.0 Å². The van der Waals surface area contributed by atoms with E-state index in [-0.39, 0.29) is 18.1 Å². The number of aliphatic hydroxyl groups excluding tert-OH is 1. The Balaban J connectivity index is 1.49. The smallest absolute Gasteiger partial charge is 0.256 e. The van der Waals surface area contributed by atoms with Crippen LogP contribution in [-0.4, -0.2) is 69.3 Å². The molecule has 1 saturated heterocycles. The average Bonchev–Trinajstić information content (AvgIpc) is 3.22. The van der Waals surface area contributed by atoms with E-state index >= 15 is 0 Å². The monoisotopic (exact) mass is 328 g/mol. The summed E-state index contributed by atoms with van der Waals surface area (Å²) in [4.78, 5) is 17.2. The highest BCUT2D eigenvalue weighted by molar-refractivity contribution is 6.05. The Labute approximate surface area is 141 Å². The Kier molecular flexibility index (Phi) is 4.02. The summed E-state index contributed by atoms with van der Waals surface area (Å²) in [5.74, 6) is 0.0690. The summed E-state index contributed by atoms with van der Waals surface area (Å²) in [6, 6.07) is 4.26. The quantitative estimate of drug-likeness (QED) is 0.877. The van der Waals surface area contributed by atoms with Gasteiger partial charge in [0.05, 0.1) is 23.4 Å². The minimum atomic E-state index is -0.200. The van der Waals surface area contributed by atoms with Crippen molar-refractivity contribution in [2.24, 2.45) is 0 Å². The fraction of sp³-hybridized carbons (Fsp3) is 0.556. The molecule has 0 bridgehead atoms. The second kappa shape index (κ2) is 6.18. The van der Waals surface area contributed by atoms with Crippen molar-refractivity contribution in [2.45, 2.75) is 38.3 Å². The lowest BCUT2D eigenvalue weighted by Gasteiger charge is -2.39. The maximum absolute atomic E-state index is 13.0. The third kappa shape index (κ3) is 2.70. The van der Waals surface area contributed by atoms with Crippen molar-refractivity contribution in [3.8, 4) is 0 Å². The second-order valence-corrected chi connectivity index (χ2v) is 7.04. The van der Waals surface area contributed by atoms with Crippen LogP contribution >= 0.6 is 0 Å². The van der Waals surface area contributed by atoms with E-state index in [1.165, 1.54) is 0 Å². The van der Waals surface area contributed by atoms with Crippen molar-refractivity contribution < 1.29 is 9.90 Å². The standard InChI is InChI=1S/C18H24N4O2/c1-12-9-13-11-19-20-17(13)14(10-12)18(24)22-7-5-21(6-8-22)15-3-2-4-16(15)23/h9-11,15-16,23H,2-8H2,1H3,(H,19,20)/t15-,16-/m1/s1. The van der Waals surface area contributed by atoms with Crippen LogP contribution in [0.3, 0.4) is 0 Å². The summed E-state index contributed by atoms with van der Waals surface area (Å²) >= 11 is 0. The summed E-state index contributed by atoms with van der Waals surface area (Å²) in [6.07, 6.45) is 4.64. The summed E-state index contributed by atoms with van der Waals surface area (Å²) in [7, 11) is 0. The van der Waals surface area contributed by atoms with Gasteiger partial charge >= 0.3 is 0 Å². The lowest BCUT2D eigenvalue weighted by atomic mass is 10.1. The molecular formula is C18H24N4O2. The maximum atomic E-state index is 13.0. The van der Waals surface area contributed by atoms with Gasteiger partial charge in [-0.15, -0.1) is 0 Å². The predicted octanol–water partition coefficient (Wildman–Crippen LogP) is 1.54. The number of carbonyl (C=O) groups is 1. The van der Waals surface area contributed by atoms with Gasteiger partial charge < -0.3 is 10.0 Å². The molecule has 1 aliphatic heterocycles. The molecule has 2 heterocycles. The van der Waals surface area contributed by atoms with Gasteiger partial charge in [0.25, 0.3) is 5.91 Å². The van der Waals surface area contributed by atoms with Gasteiger partial charge in [-0.1, -0.05) is 0 Å². The summed E-state index contributed by atoms with van der Waals surface area (Å²) in [5.41, 5.74) is 2.59. The van der Waals surface area contributed by atoms with Gasteiger partial charge in [0, 0.05) is 37.6 Å². The van der Waals surface area contributed by atoms with E-state index in [2.05, 4.69) is 15.1 Å². The van der Waals surface area contributed by atoms with Crippen molar-refractivity contribution in [3.63, 3.8) is 0 Å². The summed E-state index contributed by atoms with van der Waals surface area (Å²) in [6.45, 7) is 5.11. The van der Waals surface area contributed by atoms with Crippen molar-refractivity contribution >= 4 is 16.8 Å². The number of aromatic amines is 1. The van der Waals surface area contributed by atoms with E-state index in [0.29, 0.717) is 18.7 Å².